The molecule has 1 heterocycles. The summed E-state index contributed by atoms with van der Waals surface area (Å²) in [5.41, 5.74) is -0.936. The summed E-state index contributed by atoms with van der Waals surface area (Å²) in [6.07, 6.45) is 0.982. The third-order valence-corrected chi connectivity index (χ3v) is 5.16. The van der Waals surface area contributed by atoms with Crippen LogP contribution in [-0.4, -0.2) is 55.5 Å². The molecule has 0 amide bonds. The number of likely N-dealkylation sites (N-methyl/N-ethyl adjacent to an activating group) is 1. The van der Waals surface area contributed by atoms with E-state index in [0.29, 0.717) is 26.1 Å². The summed E-state index contributed by atoms with van der Waals surface area (Å²) in [6.45, 7) is 4.41. The average molecular weight is 251 g/mol. The normalized spacial score (nSPS) is 21.6. The molecular formula is C10H21NO4S. The molecule has 5 nitrogen and oxygen atoms in total. The van der Waals surface area contributed by atoms with E-state index in [1.54, 1.807) is 13.8 Å². The van der Waals surface area contributed by atoms with E-state index < -0.39 is 20.9 Å². The molecule has 6 heteroatoms. The van der Waals surface area contributed by atoms with Gasteiger partial charge in [0.15, 0.2) is 0 Å². The molecule has 0 aromatic heterocycles. The second-order valence-corrected chi connectivity index (χ2v) is 7.28. The van der Waals surface area contributed by atoms with Crippen LogP contribution in [-0.2, 0) is 14.8 Å². The van der Waals surface area contributed by atoms with E-state index in [1.807, 2.05) is 0 Å². The Bertz CT molecular complexity index is 320. The first-order valence-corrected chi connectivity index (χ1v) is 7.03. The Balaban J connectivity index is 2.66. The van der Waals surface area contributed by atoms with Crippen molar-refractivity contribution in [1.29, 1.82) is 0 Å². The molecule has 0 aromatic carbocycles. The molecule has 16 heavy (non-hydrogen) atoms. The van der Waals surface area contributed by atoms with Gasteiger partial charge in [0, 0.05) is 39.6 Å². The van der Waals surface area contributed by atoms with Crippen molar-refractivity contribution in [1.82, 2.24) is 4.31 Å². The number of ether oxygens (including phenoxy) is 1. The van der Waals surface area contributed by atoms with Gasteiger partial charge in [0.2, 0.25) is 10.0 Å². The average Bonchev–Trinajstić information content (AvgIpc) is 2.17. The maximum Gasteiger partial charge on any atom is 0.216 e. The fourth-order valence-corrected chi connectivity index (χ4v) is 2.91. The van der Waals surface area contributed by atoms with E-state index in [1.165, 1.54) is 11.4 Å². The van der Waals surface area contributed by atoms with Gasteiger partial charge < -0.3 is 9.84 Å². The highest BCUT2D eigenvalue weighted by Crippen LogP contribution is 2.23. The van der Waals surface area contributed by atoms with Crippen molar-refractivity contribution in [3.05, 3.63) is 0 Å². The molecule has 1 fully saturated rings. The number of hydrogen-bond acceptors (Lipinski definition) is 4. The molecule has 1 aliphatic heterocycles. The van der Waals surface area contributed by atoms with E-state index in [9.17, 15) is 13.5 Å². The zero-order valence-corrected chi connectivity index (χ0v) is 11.0. The van der Waals surface area contributed by atoms with Crippen molar-refractivity contribution >= 4 is 10.0 Å². The van der Waals surface area contributed by atoms with E-state index >= 15 is 0 Å². The minimum atomic E-state index is -3.28. The van der Waals surface area contributed by atoms with Crippen molar-refractivity contribution in [2.75, 3.05) is 26.8 Å². The molecule has 96 valence electrons. The van der Waals surface area contributed by atoms with Gasteiger partial charge in [0.1, 0.15) is 0 Å². The lowest BCUT2D eigenvalue weighted by Gasteiger charge is -2.35. The second-order valence-electron chi connectivity index (χ2n) is 4.69. The van der Waals surface area contributed by atoms with Crippen LogP contribution in [0.15, 0.2) is 0 Å². The molecule has 0 unspecified atom stereocenters. The number of sulfonamides is 1. The lowest BCUT2D eigenvalue weighted by atomic mass is 9.95. The zero-order valence-electron chi connectivity index (χ0n) is 10.1. The SMILES string of the molecule is CC(C)S(=O)(=O)N(C)CC1(O)CCOCC1. The quantitative estimate of drug-likeness (QED) is 0.775. The van der Waals surface area contributed by atoms with Gasteiger partial charge in [-0.2, -0.15) is 0 Å². The monoisotopic (exact) mass is 251 g/mol. The van der Waals surface area contributed by atoms with Crippen LogP contribution in [0.25, 0.3) is 0 Å². The maximum atomic E-state index is 11.8. The van der Waals surface area contributed by atoms with Crippen molar-refractivity contribution < 1.29 is 18.3 Å². The van der Waals surface area contributed by atoms with E-state index in [4.69, 9.17) is 4.74 Å². The zero-order chi connectivity index (χ0) is 12.4. The summed E-state index contributed by atoms with van der Waals surface area (Å²) in [5, 5.41) is 9.74. The smallest absolute Gasteiger partial charge is 0.216 e. The van der Waals surface area contributed by atoms with Crippen molar-refractivity contribution in [2.24, 2.45) is 0 Å². The highest BCUT2D eigenvalue weighted by Gasteiger charge is 2.35. The van der Waals surface area contributed by atoms with E-state index in [0.717, 1.165) is 0 Å². The first-order valence-electron chi connectivity index (χ1n) is 5.53. The van der Waals surface area contributed by atoms with Gasteiger partial charge in [-0.25, -0.2) is 12.7 Å². The van der Waals surface area contributed by atoms with E-state index in [-0.39, 0.29) is 6.54 Å². The largest absolute Gasteiger partial charge is 0.388 e. The Morgan fingerprint density at radius 1 is 1.38 bits per heavy atom. The summed E-state index contributed by atoms with van der Waals surface area (Å²) in [4.78, 5) is 0. The third kappa shape index (κ3) is 3.16. The fourth-order valence-electron chi connectivity index (χ4n) is 1.77. The van der Waals surface area contributed by atoms with Gasteiger partial charge in [-0.05, 0) is 13.8 Å². The molecule has 0 spiro atoms. The number of hydrogen-bond donors (Lipinski definition) is 1. The number of nitrogens with zero attached hydrogens (tertiary/aromatic N) is 1. The Morgan fingerprint density at radius 2 is 1.88 bits per heavy atom. The van der Waals surface area contributed by atoms with Crippen LogP contribution in [0.2, 0.25) is 0 Å². The van der Waals surface area contributed by atoms with Gasteiger partial charge in [0.05, 0.1) is 10.9 Å². The minimum Gasteiger partial charge on any atom is -0.388 e. The molecule has 0 bridgehead atoms. The molecular weight excluding hydrogens is 230 g/mol. The van der Waals surface area contributed by atoms with Crippen LogP contribution >= 0.6 is 0 Å². The van der Waals surface area contributed by atoms with Gasteiger partial charge in [0.25, 0.3) is 0 Å². The lowest BCUT2D eigenvalue weighted by molar-refractivity contribution is -0.0689. The topological polar surface area (TPSA) is 66.8 Å². The maximum absolute atomic E-state index is 11.8. The molecule has 0 atom stereocenters. The van der Waals surface area contributed by atoms with Crippen LogP contribution < -0.4 is 0 Å². The Labute approximate surface area is 97.4 Å². The van der Waals surface area contributed by atoms with E-state index in [2.05, 4.69) is 0 Å². The van der Waals surface area contributed by atoms with Crippen molar-refractivity contribution in [2.45, 2.75) is 37.5 Å². The minimum absolute atomic E-state index is 0.150. The first kappa shape index (κ1) is 13.9. The van der Waals surface area contributed by atoms with Gasteiger partial charge >= 0.3 is 0 Å². The van der Waals surface area contributed by atoms with Gasteiger partial charge in [-0.15, -0.1) is 0 Å². The molecule has 1 aliphatic rings. The first-order chi connectivity index (χ1) is 7.28. The molecule has 0 saturated carbocycles. The predicted molar refractivity (Wildman–Crippen MR) is 61.7 cm³/mol. The molecule has 1 N–H and O–H groups in total. The molecule has 1 saturated heterocycles. The highest BCUT2D eigenvalue weighted by molar-refractivity contribution is 7.89. The Kier molecular flexibility index (Phi) is 4.34. The number of aliphatic hydroxyl groups is 1. The molecule has 0 aromatic rings. The Morgan fingerprint density at radius 3 is 2.31 bits per heavy atom. The molecule has 0 aliphatic carbocycles. The van der Waals surface area contributed by atoms with Crippen LogP contribution in [0, 0.1) is 0 Å². The Hall–Kier alpha value is -0.170. The standard InChI is InChI=1S/C10H21NO4S/c1-9(2)16(13,14)11(3)8-10(12)4-6-15-7-5-10/h9,12H,4-8H2,1-3H3. The van der Waals surface area contributed by atoms with Gasteiger partial charge in [-0.3, -0.25) is 0 Å². The van der Waals surface area contributed by atoms with Crippen LogP contribution in [0.4, 0.5) is 0 Å². The molecule has 1 rings (SSSR count). The summed E-state index contributed by atoms with van der Waals surface area (Å²) in [5.74, 6) is 0. The fraction of sp³-hybridized carbons (Fsp3) is 1.00. The third-order valence-electron chi connectivity index (χ3n) is 2.97. The van der Waals surface area contributed by atoms with Crippen LogP contribution in [0.5, 0.6) is 0 Å². The highest BCUT2D eigenvalue weighted by atomic mass is 32.2. The summed E-state index contributed by atoms with van der Waals surface area (Å²) >= 11 is 0. The number of rotatable bonds is 4. The lowest BCUT2D eigenvalue weighted by Crippen LogP contribution is -2.48. The summed E-state index contributed by atoms with van der Waals surface area (Å²) in [6, 6.07) is 0. The molecule has 0 radical (unpaired) electrons. The van der Waals surface area contributed by atoms with Gasteiger partial charge in [-0.1, -0.05) is 0 Å². The second kappa shape index (κ2) is 5.00. The summed E-state index contributed by atoms with van der Waals surface area (Å²) < 4.78 is 30.1. The summed E-state index contributed by atoms with van der Waals surface area (Å²) in [7, 11) is -1.77. The van der Waals surface area contributed by atoms with Crippen LogP contribution in [0.3, 0.4) is 0 Å². The van der Waals surface area contributed by atoms with Crippen LogP contribution in [0.1, 0.15) is 26.7 Å². The van der Waals surface area contributed by atoms with Crippen molar-refractivity contribution in [3.8, 4) is 0 Å². The predicted octanol–water partition coefficient (Wildman–Crippen LogP) is 0.198. The van der Waals surface area contributed by atoms with Crippen molar-refractivity contribution in [3.63, 3.8) is 0 Å².